The SMILES string of the molecule is CC(C)N(C(C)C)P(=O)(OCCO)N(C(C)C)C(C)C. The summed E-state index contributed by atoms with van der Waals surface area (Å²) in [5.74, 6) is 0. The van der Waals surface area contributed by atoms with Crippen LogP contribution in [-0.4, -0.2) is 51.8 Å². The van der Waals surface area contributed by atoms with Crippen molar-refractivity contribution in [3.63, 3.8) is 0 Å². The molecule has 0 aromatic heterocycles. The van der Waals surface area contributed by atoms with E-state index in [-0.39, 0.29) is 37.4 Å². The Balaban J connectivity index is 5.73. The van der Waals surface area contributed by atoms with Crippen molar-refractivity contribution in [3.05, 3.63) is 0 Å². The molecule has 0 aromatic carbocycles. The molecule has 0 atom stereocenters. The summed E-state index contributed by atoms with van der Waals surface area (Å²) >= 11 is 0. The van der Waals surface area contributed by atoms with Gasteiger partial charge in [0.2, 0.25) is 0 Å². The molecular weight excluding hydrogens is 275 g/mol. The summed E-state index contributed by atoms with van der Waals surface area (Å²) in [6, 6.07) is 0.387. The summed E-state index contributed by atoms with van der Waals surface area (Å²) < 4.78 is 23.2. The minimum absolute atomic E-state index is 0.0865. The van der Waals surface area contributed by atoms with Crippen molar-refractivity contribution in [3.8, 4) is 0 Å². The van der Waals surface area contributed by atoms with Crippen molar-refractivity contribution >= 4 is 7.67 Å². The van der Waals surface area contributed by atoms with Crippen LogP contribution in [0.1, 0.15) is 55.4 Å². The fourth-order valence-corrected chi connectivity index (χ4v) is 5.93. The van der Waals surface area contributed by atoms with Gasteiger partial charge in [0.05, 0.1) is 13.2 Å². The molecule has 0 aliphatic carbocycles. The highest BCUT2D eigenvalue weighted by atomic mass is 31.2. The average Bonchev–Trinajstić information content (AvgIpc) is 2.23. The Labute approximate surface area is 124 Å². The van der Waals surface area contributed by atoms with E-state index in [0.717, 1.165) is 0 Å². The first-order valence-electron chi connectivity index (χ1n) is 7.52. The van der Waals surface area contributed by atoms with E-state index in [2.05, 4.69) is 0 Å². The zero-order chi connectivity index (χ0) is 16.1. The number of aliphatic hydroxyl groups is 1. The van der Waals surface area contributed by atoms with Crippen LogP contribution >= 0.6 is 7.67 Å². The molecule has 0 rings (SSSR count). The molecule has 0 saturated heterocycles. The maximum Gasteiger partial charge on any atom is 0.347 e. The van der Waals surface area contributed by atoms with Crippen LogP contribution in [0.4, 0.5) is 0 Å². The fourth-order valence-electron chi connectivity index (χ4n) is 2.77. The summed E-state index contributed by atoms with van der Waals surface area (Å²) in [5, 5.41) is 9.06. The Hall–Kier alpha value is 0.0700. The Bertz CT molecular complexity index is 280. The van der Waals surface area contributed by atoms with Gasteiger partial charge in [-0.25, -0.2) is 9.34 Å². The third-order valence-corrected chi connectivity index (χ3v) is 6.58. The van der Waals surface area contributed by atoms with Crippen molar-refractivity contribution in [2.75, 3.05) is 13.2 Å². The van der Waals surface area contributed by atoms with Crippen LogP contribution in [0.15, 0.2) is 0 Å². The lowest BCUT2D eigenvalue weighted by molar-refractivity contribution is 0.125. The van der Waals surface area contributed by atoms with E-state index in [9.17, 15) is 4.57 Å². The van der Waals surface area contributed by atoms with Gasteiger partial charge in [0, 0.05) is 24.2 Å². The van der Waals surface area contributed by atoms with Gasteiger partial charge in [-0.15, -0.1) is 0 Å². The number of hydrogen-bond donors (Lipinski definition) is 1. The second-order valence-corrected chi connectivity index (χ2v) is 8.35. The van der Waals surface area contributed by atoms with Gasteiger partial charge < -0.3 is 9.63 Å². The minimum atomic E-state index is -3.17. The van der Waals surface area contributed by atoms with Crippen LogP contribution in [0, 0.1) is 0 Å². The van der Waals surface area contributed by atoms with Gasteiger partial charge in [0.1, 0.15) is 0 Å². The molecule has 0 amide bonds. The molecule has 0 aliphatic heterocycles. The lowest BCUT2D eigenvalue weighted by Gasteiger charge is -2.45. The van der Waals surface area contributed by atoms with Crippen LogP contribution in [-0.2, 0) is 9.09 Å². The molecule has 0 unspecified atom stereocenters. The van der Waals surface area contributed by atoms with E-state index >= 15 is 0 Å². The minimum Gasteiger partial charge on any atom is -0.394 e. The zero-order valence-corrected chi connectivity index (χ0v) is 15.2. The molecule has 0 aliphatic rings. The van der Waals surface area contributed by atoms with Crippen molar-refractivity contribution in [1.82, 2.24) is 9.34 Å². The number of rotatable bonds is 9. The highest BCUT2D eigenvalue weighted by molar-refractivity contribution is 7.54. The summed E-state index contributed by atoms with van der Waals surface area (Å²) in [5.41, 5.74) is 0. The van der Waals surface area contributed by atoms with Crippen LogP contribution in [0.3, 0.4) is 0 Å². The van der Waals surface area contributed by atoms with Gasteiger partial charge in [0.15, 0.2) is 0 Å². The van der Waals surface area contributed by atoms with E-state index in [1.54, 1.807) is 0 Å². The number of hydrogen-bond acceptors (Lipinski definition) is 3. The van der Waals surface area contributed by atoms with Gasteiger partial charge in [-0.3, -0.25) is 4.57 Å². The number of aliphatic hydroxyl groups excluding tert-OH is 1. The van der Waals surface area contributed by atoms with E-state index in [1.807, 2.05) is 64.7 Å². The van der Waals surface area contributed by atoms with Crippen molar-refractivity contribution in [1.29, 1.82) is 0 Å². The van der Waals surface area contributed by atoms with Crippen molar-refractivity contribution < 1.29 is 14.2 Å². The largest absolute Gasteiger partial charge is 0.394 e. The first-order valence-corrected chi connectivity index (χ1v) is 9.05. The molecular formula is C14H33N2O3P. The summed E-state index contributed by atoms with van der Waals surface area (Å²) in [6.07, 6.45) is 0. The number of nitrogens with zero attached hydrogens (tertiary/aromatic N) is 2. The summed E-state index contributed by atoms with van der Waals surface area (Å²) in [7, 11) is -3.17. The molecule has 5 nitrogen and oxygen atoms in total. The predicted molar refractivity (Wildman–Crippen MR) is 84.9 cm³/mol. The van der Waals surface area contributed by atoms with Gasteiger partial charge in [-0.1, -0.05) is 0 Å². The normalized spacial score (nSPS) is 13.8. The van der Waals surface area contributed by atoms with Crippen molar-refractivity contribution in [2.45, 2.75) is 79.6 Å². The first-order chi connectivity index (χ1) is 9.09. The van der Waals surface area contributed by atoms with E-state index in [1.165, 1.54) is 0 Å². The standard InChI is InChI=1S/C14H33N2O3P/c1-11(2)15(12(3)4)20(18,19-10-9-17)16(13(5)6)14(7)8/h11-14,17H,9-10H2,1-8H3. The summed E-state index contributed by atoms with van der Waals surface area (Å²) in [6.45, 7) is 16.1. The van der Waals surface area contributed by atoms with E-state index in [0.29, 0.717) is 0 Å². The second kappa shape index (κ2) is 8.50. The first kappa shape index (κ1) is 20.1. The maximum atomic E-state index is 13.7. The molecule has 122 valence electrons. The van der Waals surface area contributed by atoms with Crippen LogP contribution in [0.2, 0.25) is 0 Å². The molecule has 6 heteroatoms. The lowest BCUT2D eigenvalue weighted by Crippen LogP contribution is -2.45. The Morgan fingerprint density at radius 2 is 1.15 bits per heavy atom. The second-order valence-electron chi connectivity index (χ2n) is 6.18. The third-order valence-electron chi connectivity index (χ3n) is 3.05. The van der Waals surface area contributed by atoms with Crippen LogP contribution < -0.4 is 0 Å². The molecule has 0 saturated carbocycles. The van der Waals surface area contributed by atoms with Gasteiger partial charge in [-0.2, -0.15) is 0 Å². The molecule has 0 fully saturated rings. The van der Waals surface area contributed by atoms with Crippen molar-refractivity contribution in [2.24, 2.45) is 0 Å². The Morgan fingerprint density at radius 1 is 0.850 bits per heavy atom. The monoisotopic (exact) mass is 308 g/mol. The Kier molecular flexibility index (Phi) is 8.53. The fraction of sp³-hybridized carbons (Fsp3) is 1.00. The lowest BCUT2D eigenvalue weighted by atomic mass is 10.3. The summed E-state index contributed by atoms with van der Waals surface area (Å²) in [4.78, 5) is 0. The highest BCUT2D eigenvalue weighted by Gasteiger charge is 2.44. The molecule has 0 heterocycles. The highest BCUT2D eigenvalue weighted by Crippen LogP contribution is 2.58. The topological polar surface area (TPSA) is 53.0 Å². The van der Waals surface area contributed by atoms with Gasteiger partial charge >= 0.3 is 7.67 Å². The smallest absolute Gasteiger partial charge is 0.347 e. The van der Waals surface area contributed by atoms with Gasteiger partial charge in [0.25, 0.3) is 0 Å². The van der Waals surface area contributed by atoms with Gasteiger partial charge in [-0.05, 0) is 55.4 Å². The molecule has 20 heavy (non-hydrogen) atoms. The van der Waals surface area contributed by atoms with E-state index in [4.69, 9.17) is 9.63 Å². The quantitative estimate of drug-likeness (QED) is 0.662. The molecule has 0 spiro atoms. The molecule has 0 aromatic rings. The predicted octanol–water partition coefficient (Wildman–Crippen LogP) is 3.34. The van der Waals surface area contributed by atoms with E-state index < -0.39 is 7.67 Å². The maximum absolute atomic E-state index is 13.7. The van der Waals surface area contributed by atoms with Crippen LogP contribution in [0.5, 0.6) is 0 Å². The molecule has 0 bridgehead atoms. The molecule has 1 N–H and O–H groups in total. The average molecular weight is 308 g/mol. The Morgan fingerprint density at radius 3 is 1.35 bits per heavy atom. The van der Waals surface area contributed by atoms with Crippen LogP contribution in [0.25, 0.3) is 0 Å². The third kappa shape index (κ3) is 4.81. The molecule has 0 radical (unpaired) electrons. The zero-order valence-electron chi connectivity index (χ0n) is 14.3.